The van der Waals surface area contributed by atoms with Gasteiger partial charge in [-0.2, -0.15) is 5.10 Å². The van der Waals surface area contributed by atoms with Crippen molar-refractivity contribution in [3.63, 3.8) is 0 Å². The molecule has 1 unspecified atom stereocenters. The number of aromatic amines is 1. The molecular weight excluding hydrogens is 186 g/mol. The molecule has 0 aliphatic rings. The third-order valence-electron chi connectivity index (χ3n) is 1.68. The maximum atomic E-state index is 11.0. The summed E-state index contributed by atoms with van der Waals surface area (Å²) in [6, 6.07) is 1.50. The highest BCUT2D eigenvalue weighted by molar-refractivity contribution is 5.92. The maximum absolute atomic E-state index is 11.0. The van der Waals surface area contributed by atoms with Crippen molar-refractivity contribution in [3.8, 4) is 0 Å². The highest BCUT2D eigenvalue weighted by Crippen LogP contribution is 2.12. The van der Waals surface area contributed by atoms with E-state index in [1.807, 2.05) is 0 Å². The zero-order valence-corrected chi connectivity index (χ0v) is 7.98. The monoisotopic (exact) mass is 199 g/mol. The molecule has 14 heavy (non-hydrogen) atoms. The SMILES string of the molecule is CC(O)c1cc(NC(=O)[C@@H](C)O)n[nH]1. The Bertz CT molecular complexity index is 319. The summed E-state index contributed by atoms with van der Waals surface area (Å²) in [5.41, 5.74) is 0.505. The van der Waals surface area contributed by atoms with Gasteiger partial charge in [-0.1, -0.05) is 0 Å². The molecule has 1 amide bonds. The van der Waals surface area contributed by atoms with E-state index in [2.05, 4.69) is 15.5 Å². The lowest BCUT2D eigenvalue weighted by Crippen LogP contribution is -2.24. The number of anilines is 1. The Hall–Kier alpha value is -1.40. The number of carbonyl (C=O) groups excluding carboxylic acids is 1. The number of hydrogen-bond donors (Lipinski definition) is 4. The minimum absolute atomic E-state index is 0.284. The lowest BCUT2D eigenvalue weighted by atomic mass is 10.3. The standard InChI is InChI=1S/C8H13N3O3/c1-4(12)6-3-7(11-10-6)9-8(14)5(2)13/h3-5,12-13H,1-2H3,(H2,9,10,11,14)/t4?,5-/m1/s1. The van der Waals surface area contributed by atoms with Gasteiger partial charge in [0.25, 0.3) is 5.91 Å². The van der Waals surface area contributed by atoms with E-state index in [9.17, 15) is 4.79 Å². The van der Waals surface area contributed by atoms with Crippen molar-refractivity contribution >= 4 is 11.7 Å². The van der Waals surface area contributed by atoms with Crippen LogP contribution in [0.4, 0.5) is 5.82 Å². The van der Waals surface area contributed by atoms with E-state index in [1.54, 1.807) is 6.92 Å². The molecule has 1 aromatic rings. The van der Waals surface area contributed by atoms with Gasteiger partial charge >= 0.3 is 0 Å². The molecule has 0 spiro atoms. The summed E-state index contributed by atoms with van der Waals surface area (Å²) in [7, 11) is 0. The van der Waals surface area contributed by atoms with Gasteiger partial charge in [0.15, 0.2) is 5.82 Å². The second kappa shape index (κ2) is 4.21. The quantitative estimate of drug-likeness (QED) is 0.541. The molecule has 1 rings (SSSR count). The van der Waals surface area contributed by atoms with Crippen molar-refractivity contribution in [3.05, 3.63) is 11.8 Å². The number of nitrogens with zero attached hydrogens (tertiary/aromatic N) is 1. The first-order valence-electron chi connectivity index (χ1n) is 4.23. The Labute approximate surface area is 81.0 Å². The number of aliphatic hydroxyl groups excluding tert-OH is 2. The summed E-state index contributed by atoms with van der Waals surface area (Å²) >= 11 is 0. The predicted octanol–water partition coefficient (Wildman–Crippen LogP) is -0.218. The lowest BCUT2D eigenvalue weighted by Gasteiger charge is -2.02. The molecular formula is C8H13N3O3. The van der Waals surface area contributed by atoms with Crippen molar-refractivity contribution in [2.75, 3.05) is 5.32 Å². The number of nitrogens with one attached hydrogen (secondary N) is 2. The topological polar surface area (TPSA) is 98.2 Å². The van der Waals surface area contributed by atoms with E-state index < -0.39 is 18.1 Å². The fraction of sp³-hybridized carbons (Fsp3) is 0.500. The van der Waals surface area contributed by atoms with Gasteiger partial charge in [-0.05, 0) is 13.8 Å². The summed E-state index contributed by atoms with van der Waals surface area (Å²) in [5, 5.41) is 26.7. The highest BCUT2D eigenvalue weighted by atomic mass is 16.3. The molecule has 0 fully saturated rings. The van der Waals surface area contributed by atoms with Crippen LogP contribution in [0.5, 0.6) is 0 Å². The van der Waals surface area contributed by atoms with Gasteiger partial charge in [0.2, 0.25) is 0 Å². The van der Waals surface area contributed by atoms with Crippen molar-refractivity contribution in [2.45, 2.75) is 26.1 Å². The van der Waals surface area contributed by atoms with Crippen molar-refractivity contribution in [1.29, 1.82) is 0 Å². The van der Waals surface area contributed by atoms with E-state index in [0.29, 0.717) is 5.69 Å². The molecule has 4 N–H and O–H groups in total. The Kier molecular flexibility index (Phi) is 3.21. The zero-order chi connectivity index (χ0) is 10.7. The first-order chi connectivity index (χ1) is 6.50. The molecule has 6 nitrogen and oxygen atoms in total. The first-order valence-corrected chi connectivity index (χ1v) is 4.23. The number of rotatable bonds is 3. The van der Waals surface area contributed by atoms with Gasteiger partial charge in [-0.15, -0.1) is 0 Å². The van der Waals surface area contributed by atoms with E-state index in [-0.39, 0.29) is 5.82 Å². The number of carbonyl (C=O) groups is 1. The summed E-state index contributed by atoms with van der Waals surface area (Å²) in [4.78, 5) is 11.0. The summed E-state index contributed by atoms with van der Waals surface area (Å²) < 4.78 is 0. The van der Waals surface area contributed by atoms with Crippen LogP contribution in [0.2, 0.25) is 0 Å². The second-order valence-electron chi connectivity index (χ2n) is 3.05. The van der Waals surface area contributed by atoms with Gasteiger partial charge in [0.1, 0.15) is 6.10 Å². The molecule has 0 saturated carbocycles. The number of H-pyrrole nitrogens is 1. The number of aromatic nitrogens is 2. The first kappa shape index (κ1) is 10.7. The van der Waals surface area contributed by atoms with Crippen LogP contribution in [0, 0.1) is 0 Å². The molecule has 1 aromatic heterocycles. The van der Waals surface area contributed by atoms with Gasteiger partial charge in [-0.3, -0.25) is 9.89 Å². The van der Waals surface area contributed by atoms with Crippen LogP contribution in [-0.2, 0) is 4.79 Å². The zero-order valence-electron chi connectivity index (χ0n) is 7.98. The minimum atomic E-state index is -1.08. The third kappa shape index (κ3) is 2.54. The van der Waals surface area contributed by atoms with Crippen molar-refractivity contribution in [1.82, 2.24) is 10.2 Å². The number of amides is 1. The Balaban J connectivity index is 2.64. The van der Waals surface area contributed by atoms with E-state index in [4.69, 9.17) is 10.2 Å². The molecule has 0 bridgehead atoms. The molecule has 0 aromatic carbocycles. The normalized spacial score (nSPS) is 14.9. The number of hydrogen-bond acceptors (Lipinski definition) is 4. The van der Waals surface area contributed by atoms with Crippen LogP contribution >= 0.6 is 0 Å². The van der Waals surface area contributed by atoms with Crippen LogP contribution in [0.15, 0.2) is 6.07 Å². The van der Waals surface area contributed by atoms with Gasteiger partial charge < -0.3 is 15.5 Å². The molecule has 78 valence electrons. The lowest BCUT2D eigenvalue weighted by molar-refractivity contribution is -0.123. The molecule has 0 aliphatic carbocycles. The van der Waals surface area contributed by atoms with Crippen LogP contribution < -0.4 is 5.32 Å². The molecule has 0 aliphatic heterocycles. The number of aliphatic hydroxyl groups is 2. The van der Waals surface area contributed by atoms with E-state index >= 15 is 0 Å². The largest absolute Gasteiger partial charge is 0.387 e. The summed E-state index contributed by atoms with van der Waals surface area (Å²) in [6.45, 7) is 2.94. The predicted molar refractivity (Wildman–Crippen MR) is 49.5 cm³/mol. The Morgan fingerprint density at radius 1 is 1.57 bits per heavy atom. The van der Waals surface area contributed by atoms with Crippen molar-refractivity contribution in [2.24, 2.45) is 0 Å². The van der Waals surface area contributed by atoms with Crippen LogP contribution in [-0.4, -0.2) is 32.4 Å². The van der Waals surface area contributed by atoms with Gasteiger partial charge in [-0.25, -0.2) is 0 Å². The maximum Gasteiger partial charge on any atom is 0.254 e. The summed E-state index contributed by atoms with van der Waals surface area (Å²) in [6.07, 6.45) is -1.75. The summed E-state index contributed by atoms with van der Waals surface area (Å²) in [5.74, 6) is -0.250. The minimum Gasteiger partial charge on any atom is -0.387 e. The third-order valence-corrected chi connectivity index (χ3v) is 1.68. The average Bonchev–Trinajstić information content (AvgIpc) is 2.52. The smallest absolute Gasteiger partial charge is 0.254 e. The molecule has 2 atom stereocenters. The van der Waals surface area contributed by atoms with Crippen LogP contribution in [0.3, 0.4) is 0 Å². The second-order valence-corrected chi connectivity index (χ2v) is 3.05. The Morgan fingerprint density at radius 3 is 2.64 bits per heavy atom. The highest BCUT2D eigenvalue weighted by Gasteiger charge is 2.11. The average molecular weight is 199 g/mol. The van der Waals surface area contributed by atoms with E-state index in [1.165, 1.54) is 13.0 Å². The Morgan fingerprint density at radius 2 is 2.21 bits per heavy atom. The van der Waals surface area contributed by atoms with Gasteiger partial charge in [0, 0.05) is 6.07 Å². The van der Waals surface area contributed by atoms with Crippen LogP contribution in [0.25, 0.3) is 0 Å². The van der Waals surface area contributed by atoms with E-state index in [0.717, 1.165) is 0 Å². The molecule has 0 saturated heterocycles. The van der Waals surface area contributed by atoms with Gasteiger partial charge in [0.05, 0.1) is 11.8 Å². The molecule has 6 heteroatoms. The molecule has 0 radical (unpaired) electrons. The van der Waals surface area contributed by atoms with Crippen LogP contribution in [0.1, 0.15) is 25.6 Å². The van der Waals surface area contributed by atoms with Crippen molar-refractivity contribution < 1.29 is 15.0 Å². The fourth-order valence-corrected chi connectivity index (χ4v) is 0.845. The molecule has 1 heterocycles. The fourth-order valence-electron chi connectivity index (χ4n) is 0.845.